The average molecular weight is 251 g/mol. The predicted octanol–water partition coefficient (Wildman–Crippen LogP) is 0.761. The fraction of sp³-hybridized carbons (Fsp3) is 0.364. The summed E-state index contributed by atoms with van der Waals surface area (Å²) >= 11 is 0. The van der Waals surface area contributed by atoms with Crippen molar-refractivity contribution in [2.45, 2.75) is 0 Å². The lowest BCUT2D eigenvalue weighted by Crippen LogP contribution is -2.48. The van der Waals surface area contributed by atoms with Crippen LogP contribution in [0, 0.1) is 16.0 Å². The number of nitrogens with zero attached hydrogens (tertiary/aromatic N) is 1. The van der Waals surface area contributed by atoms with Crippen LogP contribution >= 0.6 is 0 Å². The van der Waals surface area contributed by atoms with E-state index in [1.165, 1.54) is 25.3 Å². The Labute approximate surface area is 103 Å². The third-order valence-electron chi connectivity index (χ3n) is 2.81. The smallest absolute Gasteiger partial charge is 0.273 e. The third-order valence-corrected chi connectivity index (χ3v) is 2.81. The van der Waals surface area contributed by atoms with Crippen LogP contribution in [0.5, 0.6) is 5.75 Å². The highest BCUT2D eigenvalue weighted by Crippen LogP contribution is 2.29. The van der Waals surface area contributed by atoms with Gasteiger partial charge >= 0.3 is 0 Å². The van der Waals surface area contributed by atoms with E-state index >= 15 is 0 Å². The van der Waals surface area contributed by atoms with Gasteiger partial charge in [-0.2, -0.15) is 0 Å². The van der Waals surface area contributed by atoms with Gasteiger partial charge in [-0.1, -0.05) is 0 Å². The van der Waals surface area contributed by atoms with E-state index in [1.54, 1.807) is 0 Å². The third kappa shape index (κ3) is 2.40. The minimum Gasteiger partial charge on any atom is -0.494 e. The van der Waals surface area contributed by atoms with Crippen LogP contribution in [0.2, 0.25) is 0 Å². The number of benzene rings is 1. The van der Waals surface area contributed by atoms with Gasteiger partial charge in [-0.25, -0.2) is 0 Å². The molecule has 0 unspecified atom stereocenters. The van der Waals surface area contributed by atoms with Crippen molar-refractivity contribution in [2.75, 3.05) is 25.5 Å². The number of hydrogen-bond donors (Lipinski definition) is 2. The van der Waals surface area contributed by atoms with E-state index in [2.05, 4.69) is 10.6 Å². The summed E-state index contributed by atoms with van der Waals surface area (Å²) in [6.07, 6.45) is 0. The first kappa shape index (κ1) is 12.3. The topological polar surface area (TPSA) is 93.5 Å². The van der Waals surface area contributed by atoms with Crippen molar-refractivity contribution in [1.29, 1.82) is 0 Å². The number of amides is 1. The van der Waals surface area contributed by atoms with Crippen LogP contribution in [0.3, 0.4) is 0 Å². The Morgan fingerprint density at radius 2 is 2.28 bits per heavy atom. The van der Waals surface area contributed by atoms with Gasteiger partial charge in [-0.05, 0) is 6.07 Å². The van der Waals surface area contributed by atoms with Crippen molar-refractivity contribution in [3.8, 4) is 5.75 Å². The van der Waals surface area contributed by atoms with Gasteiger partial charge in [-0.15, -0.1) is 0 Å². The Hall–Kier alpha value is -2.15. The second-order valence-corrected chi connectivity index (χ2v) is 3.99. The molecule has 0 atom stereocenters. The molecule has 1 aliphatic rings. The number of carbonyl (C=O) groups excluding carboxylic acids is 1. The van der Waals surface area contributed by atoms with Crippen LogP contribution in [0.25, 0.3) is 0 Å². The number of rotatable bonds is 4. The Morgan fingerprint density at radius 3 is 2.78 bits per heavy atom. The maximum Gasteiger partial charge on any atom is 0.273 e. The number of non-ortho nitro benzene ring substituents is 1. The van der Waals surface area contributed by atoms with Crippen LogP contribution in [-0.4, -0.2) is 31.0 Å². The van der Waals surface area contributed by atoms with Gasteiger partial charge in [0.1, 0.15) is 5.75 Å². The Balaban J connectivity index is 2.16. The SMILES string of the molecule is COc1cc([N+](=O)[O-])ccc1NC(=O)C1CNC1. The molecule has 1 amide bonds. The predicted molar refractivity (Wildman–Crippen MR) is 64.6 cm³/mol. The van der Waals surface area contributed by atoms with Gasteiger partial charge in [0.25, 0.3) is 5.69 Å². The molecule has 1 saturated heterocycles. The van der Waals surface area contributed by atoms with Crippen molar-refractivity contribution in [1.82, 2.24) is 5.32 Å². The molecule has 1 aromatic carbocycles. The summed E-state index contributed by atoms with van der Waals surface area (Å²) in [6.45, 7) is 1.31. The van der Waals surface area contributed by atoms with Crippen molar-refractivity contribution in [2.24, 2.45) is 5.92 Å². The molecule has 7 nitrogen and oxygen atoms in total. The fourth-order valence-corrected chi connectivity index (χ4v) is 1.61. The first-order chi connectivity index (χ1) is 8.61. The minimum atomic E-state index is -0.510. The van der Waals surface area contributed by atoms with Crippen molar-refractivity contribution in [3.05, 3.63) is 28.3 Å². The second-order valence-electron chi connectivity index (χ2n) is 3.99. The first-order valence-corrected chi connectivity index (χ1v) is 5.46. The molecule has 1 aliphatic heterocycles. The molecule has 0 radical (unpaired) electrons. The lowest BCUT2D eigenvalue weighted by molar-refractivity contribution is -0.384. The monoisotopic (exact) mass is 251 g/mol. The zero-order valence-corrected chi connectivity index (χ0v) is 9.80. The Kier molecular flexibility index (Phi) is 3.42. The summed E-state index contributed by atoms with van der Waals surface area (Å²) in [5, 5.41) is 16.3. The van der Waals surface area contributed by atoms with Gasteiger partial charge in [0.15, 0.2) is 0 Å². The minimum absolute atomic E-state index is 0.0510. The molecule has 7 heteroatoms. The highest BCUT2D eigenvalue weighted by Gasteiger charge is 2.25. The molecule has 0 saturated carbocycles. The summed E-state index contributed by atoms with van der Waals surface area (Å²) < 4.78 is 5.03. The largest absolute Gasteiger partial charge is 0.494 e. The molecule has 0 bridgehead atoms. The number of nitrogens with one attached hydrogen (secondary N) is 2. The first-order valence-electron chi connectivity index (χ1n) is 5.46. The van der Waals surface area contributed by atoms with Crippen molar-refractivity contribution < 1.29 is 14.5 Å². The van der Waals surface area contributed by atoms with E-state index in [-0.39, 0.29) is 23.3 Å². The summed E-state index contributed by atoms with van der Waals surface area (Å²) in [5.41, 5.74) is 0.371. The van der Waals surface area contributed by atoms with E-state index in [0.29, 0.717) is 18.8 Å². The Morgan fingerprint density at radius 1 is 1.56 bits per heavy atom. The van der Waals surface area contributed by atoms with Crippen molar-refractivity contribution in [3.63, 3.8) is 0 Å². The number of nitro groups is 1. The zero-order valence-electron chi connectivity index (χ0n) is 9.80. The maximum absolute atomic E-state index is 11.7. The number of methoxy groups -OCH3 is 1. The van der Waals surface area contributed by atoms with Gasteiger partial charge in [0, 0.05) is 19.2 Å². The molecule has 2 rings (SSSR count). The van der Waals surface area contributed by atoms with Crippen LogP contribution in [0.1, 0.15) is 0 Å². The maximum atomic E-state index is 11.7. The van der Waals surface area contributed by atoms with Gasteiger partial charge in [-0.3, -0.25) is 14.9 Å². The molecular weight excluding hydrogens is 238 g/mol. The normalized spacial score (nSPS) is 14.7. The molecule has 1 fully saturated rings. The van der Waals surface area contributed by atoms with Crippen LogP contribution in [0.4, 0.5) is 11.4 Å². The molecule has 0 aromatic heterocycles. The summed E-state index contributed by atoms with van der Waals surface area (Å²) in [4.78, 5) is 21.9. The molecule has 2 N–H and O–H groups in total. The lowest BCUT2D eigenvalue weighted by atomic mass is 10.0. The molecule has 0 aliphatic carbocycles. The van der Waals surface area contributed by atoms with E-state index in [4.69, 9.17) is 4.74 Å². The number of nitro benzene ring substituents is 1. The van der Waals surface area contributed by atoms with E-state index in [9.17, 15) is 14.9 Å². The lowest BCUT2D eigenvalue weighted by Gasteiger charge is -2.26. The molecule has 1 aromatic rings. The molecule has 1 heterocycles. The summed E-state index contributed by atoms with van der Waals surface area (Å²) in [7, 11) is 1.40. The molecular formula is C11H13N3O4. The van der Waals surface area contributed by atoms with E-state index in [1.807, 2.05) is 0 Å². The highest BCUT2D eigenvalue weighted by molar-refractivity contribution is 5.95. The van der Waals surface area contributed by atoms with Gasteiger partial charge in [0.05, 0.1) is 29.7 Å². The number of hydrogen-bond acceptors (Lipinski definition) is 5. The standard InChI is InChI=1S/C11H13N3O4/c1-18-10-4-8(14(16)17)2-3-9(10)13-11(15)7-5-12-6-7/h2-4,7,12H,5-6H2,1H3,(H,13,15). The number of ether oxygens (including phenoxy) is 1. The summed E-state index contributed by atoms with van der Waals surface area (Å²) in [5.74, 6) is 0.121. The Bertz CT molecular complexity index is 485. The molecule has 96 valence electrons. The van der Waals surface area contributed by atoms with Crippen LogP contribution < -0.4 is 15.4 Å². The quantitative estimate of drug-likeness (QED) is 0.608. The van der Waals surface area contributed by atoms with E-state index < -0.39 is 4.92 Å². The average Bonchev–Trinajstić information content (AvgIpc) is 2.26. The second kappa shape index (κ2) is 5.01. The van der Waals surface area contributed by atoms with Gasteiger partial charge in [0.2, 0.25) is 5.91 Å². The molecule has 18 heavy (non-hydrogen) atoms. The highest BCUT2D eigenvalue weighted by atomic mass is 16.6. The van der Waals surface area contributed by atoms with Crippen LogP contribution in [-0.2, 0) is 4.79 Å². The number of carbonyl (C=O) groups is 1. The van der Waals surface area contributed by atoms with E-state index in [0.717, 1.165) is 0 Å². The summed E-state index contributed by atoms with van der Waals surface area (Å²) in [6, 6.07) is 4.09. The van der Waals surface area contributed by atoms with Crippen LogP contribution in [0.15, 0.2) is 18.2 Å². The number of anilines is 1. The van der Waals surface area contributed by atoms with Gasteiger partial charge < -0.3 is 15.4 Å². The van der Waals surface area contributed by atoms with Crippen molar-refractivity contribution >= 4 is 17.3 Å². The fourth-order valence-electron chi connectivity index (χ4n) is 1.61. The molecule has 0 spiro atoms. The zero-order chi connectivity index (χ0) is 13.1.